The van der Waals surface area contributed by atoms with Crippen molar-refractivity contribution in [1.29, 1.82) is 0 Å². The predicted octanol–water partition coefficient (Wildman–Crippen LogP) is 3.34. The summed E-state index contributed by atoms with van der Waals surface area (Å²) in [6, 6.07) is 19.8. The molecule has 1 N–H and O–H groups in total. The second-order valence-corrected chi connectivity index (χ2v) is 9.83. The zero-order valence-corrected chi connectivity index (χ0v) is 20.7. The molecule has 1 atom stereocenters. The van der Waals surface area contributed by atoms with Crippen LogP contribution in [-0.4, -0.2) is 53.9 Å². The van der Waals surface area contributed by atoms with Crippen molar-refractivity contribution in [3.05, 3.63) is 82.9 Å². The molecule has 0 bridgehead atoms. The lowest BCUT2D eigenvalue weighted by Crippen LogP contribution is -2.49. The Morgan fingerprint density at radius 2 is 1.67 bits per heavy atom. The van der Waals surface area contributed by atoms with Gasteiger partial charge in [-0.15, -0.1) is 0 Å². The van der Waals surface area contributed by atoms with Crippen LogP contribution in [0.1, 0.15) is 37.7 Å². The van der Waals surface area contributed by atoms with Gasteiger partial charge in [0.1, 0.15) is 5.52 Å². The average molecular weight is 486 g/mol. The first-order valence-electron chi connectivity index (χ1n) is 12.4. The van der Waals surface area contributed by atoms with Crippen molar-refractivity contribution >= 4 is 16.9 Å². The van der Waals surface area contributed by atoms with Gasteiger partial charge < -0.3 is 10.0 Å². The van der Waals surface area contributed by atoms with Gasteiger partial charge in [-0.05, 0) is 24.3 Å². The van der Waals surface area contributed by atoms with Gasteiger partial charge in [-0.3, -0.25) is 18.8 Å². The van der Waals surface area contributed by atoms with E-state index in [0.29, 0.717) is 37.9 Å². The third-order valence-electron chi connectivity index (χ3n) is 7.22. The summed E-state index contributed by atoms with van der Waals surface area (Å²) in [5, 5.41) is 15.7. The summed E-state index contributed by atoms with van der Waals surface area (Å²) in [4.78, 5) is 32.5. The lowest BCUT2D eigenvalue weighted by Gasteiger charge is -2.38. The highest BCUT2D eigenvalue weighted by atomic mass is 16.3. The fourth-order valence-corrected chi connectivity index (χ4v) is 5.07. The molecule has 0 aliphatic carbocycles. The third-order valence-corrected chi connectivity index (χ3v) is 7.22. The van der Waals surface area contributed by atoms with Crippen LogP contribution in [0.15, 0.2) is 71.8 Å². The van der Waals surface area contributed by atoms with Crippen LogP contribution in [0.3, 0.4) is 0 Å². The van der Waals surface area contributed by atoms with Crippen LogP contribution in [0.5, 0.6) is 0 Å². The number of hydrogen-bond donors (Lipinski definition) is 1. The first-order valence-corrected chi connectivity index (χ1v) is 12.4. The minimum Gasteiger partial charge on any atom is -0.388 e. The summed E-state index contributed by atoms with van der Waals surface area (Å²) in [7, 11) is 1.80. The number of piperidine rings is 1. The second kappa shape index (κ2) is 9.70. The summed E-state index contributed by atoms with van der Waals surface area (Å²) < 4.78 is 3.12. The van der Waals surface area contributed by atoms with Crippen LogP contribution in [0.4, 0.5) is 0 Å². The van der Waals surface area contributed by atoms with Crippen molar-refractivity contribution in [2.24, 2.45) is 7.05 Å². The number of aromatic nitrogens is 4. The molecule has 1 saturated heterocycles. The van der Waals surface area contributed by atoms with E-state index in [1.807, 2.05) is 65.6 Å². The number of aliphatic hydroxyl groups is 1. The van der Waals surface area contributed by atoms with Crippen molar-refractivity contribution in [1.82, 2.24) is 24.2 Å². The Labute approximate surface area is 209 Å². The van der Waals surface area contributed by atoms with E-state index in [9.17, 15) is 14.7 Å². The average Bonchev–Trinajstić information content (AvgIpc) is 3.23. The molecule has 2 aromatic carbocycles. The lowest BCUT2D eigenvalue weighted by atomic mass is 9.90. The van der Waals surface area contributed by atoms with E-state index in [1.165, 1.54) is 10.9 Å². The first-order chi connectivity index (χ1) is 17.3. The van der Waals surface area contributed by atoms with Gasteiger partial charge in [0.25, 0.3) is 5.56 Å². The van der Waals surface area contributed by atoms with Crippen molar-refractivity contribution in [3.8, 4) is 11.3 Å². The van der Waals surface area contributed by atoms with Crippen molar-refractivity contribution in [2.75, 3.05) is 13.1 Å². The highest BCUT2D eigenvalue weighted by Crippen LogP contribution is 2.28. The Bertz CT molecular complexity index is 1420. The molecular formula is C28H31N5O3. The number of benzene rings is 2. The quantitative estimate of drug-likeness (QED) is 0.452. The molecule has 186 valence electrons. The molecule has 0 spiro atoms. The molecule has 1 fully saturated rings. The van der Waals surface area contributed by atoms with Gasteiger partial charge in [0.15, 0.2) is 5.52 Å². The zero-order chi connectivity index (χ0) is 25.3. The maximum atomic E-state index is 13.2. The van der Waals surface area contributed by atoms with Gasteiger partial charge in [-0.1, -0.05) is 67.6 Å². The standard InChI is InChI=1S/C28H31N5O3/c1-20(21-9-5-3-6-10-21)17-23(34)32-15-13-28(36,14-16-32)18-33-19-29-24-25(27(33)35)30-31(2)26(24)22-11-7-4-8-12-22/h3-12,19-20,36H,13-18H2,1-2H3. The molecule has 3 heterocycles. The molecule has 1 unspecified atom stereocenters. The maximum Gasteiger partial charge on any atom is 0.281 e. The van der Waals surface area contributed by atoms with Crippen LogP contribution < -0.4 is 5.56 Å². The number of nitrogens with zero attached hydrogens (tertiary/aromatic N) is 5. The number of amides is 1. The van der Waals surface area contributed by atoms with E-state index in [-0.39, 0.29) is 29.4 Å². The number of likely N-dealkylation sites (tertiary alicyclic amines) is 1. The largest absolute Gasteiger partial charge is 0.388 e. The van der Waals surface area contributed by atoms with Gasteiger partial charge in [0.2, 0.25) is 5.91 Å². The lowest BCUT2D eigenvalue weighted by molar-refractivity contribution is -0.136. The van der Waals surface area contributed by atoms with E-state index < -0.39 is 5.60 Å². The molecule has 2 aromatic heterocycles. The van der Waals surface area contributed by atoms with E-state index in [0.717, 1.165) is 16.8 Å². The van der Waals surface area contributed by atoms with Crippen LogP contribution in [0.25, 0.3) is 22.3 Å². The number of hydrogen-bond acceptors (Lipinski definition) is 5. The molecule has 5 rings (SSSR count). The highest BCUT2D eigenvalue weighted by molar-refractivity contribution is 5.89. The smallest absolute Gasteiger partial charge is 0.281 e. The van der Waals surface area contributed by atoms with Gasteiger partial charge in [-0.25, -0.2) is 4.98 Å². The summed E-state index contributed by atoms with van der Waals surface area (Å²) in [6.07, 6.45) is 2.74. The Morgan fingerprint density at radius 1 is 1.03 bits per heavy atom. The number of carbonyl (C=O) groups excluding carboxylic acids is 1. The van der Waals surface area contributed by atoms with Crippen molar-refractivity contribution in [2.45, 2.75) is 44.2 Å². The Balaban J connectivity index is 1.27. The fourth-order valence-electron chi connectivity index (χ4n) is 5.07. The van der Waals surface area contributed by atoms with E-state index >= 15 is 0 Å². The van der Waals surface area contributed by atoms with Gasteiger partial charge in [0, 0.05) is 32.1 Å². The molecule has 0 saturated carbocycles. The van der Waals surface area contributed by atoms with E-state index in [2.05, 4.69) is 17.0 Å². The Kier molecular flexibility index (Phi) is 6.45. The molecule has 0 radical (unpaired) electrons. The van der Waals surface area contributed by atoms with E-state index in [4.69, 9.17) is 0 Å². The SMILES string of the molecule is CC(CC(=O)N1CCC(O)(Cn2cnc3c(-c4ccccc4)n(C)nc3c2=O)CC1)c1ccccc1. The predicted molar refractivity (Wildman–Crippen MR) is 138 cm³/mol. The fraction of sp³-hybridized carbons (Fsp3) is 0.357. The van der Waals surface area contributed by atoms with E-state index in [1.54, 1.807) is 11.7 Å². The highest BCUT2D eigenvalue weighted by Gasteiger charge is 2.35. The van der Waals surface area contributed by atoms with Gasteiger partial charge in [0.05, 0.1) is 24.2 Å². The minimum absolute atomic E-state index is 0.0931. The van der Waals surface area contributed by atoms with Gasteiger partial charge in [-0.2, -0.15) is 5.10 Å². The summed E-state index contributed by atoms with van der Waals surface area (Å²) in [5.74, 6) is 0.227. The maximum absolute atomic E-state index is 13.2. The molecule has 36 heavy (non-hydrogen) atoms. The monoisotopic (exact) mass is 485 g/mol. The molecule has 1 amide bonds. The first kappa shape index (κ1) is 23.9. The van der Waals surface area contributed by atoms with Crippen molar-refractivity contribution < 1.29 is 9.90 Å². The Hall–Kier alpha value is -3.78. The normalized spacial score (nSPS) is 16.2. The number of carbonyl (C=O) groups is 1. The van der Waals surface area contributed by atoms with Gasteiger partial charge >= 0.3 is 0 Å². The number of rotatable bonds is 6. The molecule has 1 aliphatic rings. The topological polar surface area (TPSA) is 93.2 Å². The summed E-state index contributed by atoms with van der Waals surface area (Å²) >= 11 is 0. The molecule has 4 aromatic rings. The summed E-state index contributed by atoms with van der Waals surface area (Å²) in [6.45, 7) is 3.10. The number of fused-ring (bicyclic) bond motifs is 1. The Morgan fingerprint density at radius 3 is 2.33 bits per heavy atom. The summed E-state index contributed by atoms with van der Waals surface area (Å²) in [5.41, 5.74) is 2.33. The van der Waals surface area contributed by atoms with Crippen LogP contribution >= 0.6 is 0 Å². The van der Waals surface area contributed by atoms with Crippen LogP contribution in [0.2, 0.25) is 0 Å². The molecule has 8 nitrogen and oxygen atoms in total. The third kappa shape index (κ3) is 4.68. The minimum atomic E-state index is -1.09. The zero-order valence-electron chi connectivity index (χ0n) is 20.7. The van der Waals surface area contributed by atoms with Crippen LogP contribution in [0, 0.1) is 0 Å². The van der Waals surface area contributed by atoms with Crippen LogP contribution in [-0.2, 0) is 18.4 Å². The number of aryl methyl sites for hydroxylation is 1. The second-order valence-electron chi connectivity index (χ2n) is 9.83. The molecule has 1 aliphatic heterocycles. The molecule has 8 heteroatoms. The molecular weight excluding hydrogens is 454 g/mol. The van der Waals surface area contributed by atoms with Crippen molar-refractivity contribution in [3.63, 3.8) is 0 Å².